The van der Waals surface area contributed by atoms with Crippen LogP contribution < -0.4 is 10.1 Å². The second-order valence-electron chi connectivity index (χ2n) is 6.13. The van der Waals surface area contributed by atoms with Crippen LogP contribution in [0.2, 0.25) is 0 Å². The van der Waals surface area contributed by atoms with E-state index in [0.717, 1.165) is 5.56 Å². The Morgan fingerprint density at radius 2 is 2.25 bits per heavy atom. The quantitative estimate of drug-likeness (QED) is 0.843. The minimum Gasteiger partial charge on any atom is -0.496 e. The number of amides is 1. The Labute approximate surface area is 144 Å². The van der Waals surface area contributed by atoms with Gasteiger partial charge in [0, 0.05) is 5.56 Å². The van der Waals surface area contributed by atoms with E-state index < -0.39 is 0 Å². The maximum Gasteiger partial charge on any atom is 0.224 e. The van der Waals surface area contributed by atoms with Crippen LogP contribution in [-0.2, 0) is 11.2 Å². The molecule has 1 aromatic carbocycles. The Bertz CT molecular complexity index is 698. The summed E-state index contributed by atoms with van der Waals surface area (Å²) in [6.45, 7) is 0. The van der Waals surface area contributed by atoms with Crippen molar-refractivity contribution in [3.63, 3.8) is 0 Å². The van der Waals surface area contributed by atoms with Gasteiger partial charge in [-0.15, -0.1) is 0 Å². The van der Waals surface area contributed by atoms with Gasteiger partial charge in [-0.3, -0.25) is 4.79 Å². The van der Waals surface area contributed by atoms with Gasteiger partial charge in [-0.25, -0.2) is 4.39 Å². The molecule has 6 heteroatoms. The van der Waals surface area contributed by atoms with Crippen molar-refractivity contribution in [3.8, 4) is 5.75 Å². The van der Waals surface area contributed by atoms with E-state index in [4.69, 9.17) is 4.74 Å². The van der Waals surface area contributed by atoms with Crippen LogP contribution in [0.1, 0.15) is 30.0 Å². The van der Waals surface area contributed by atoms with Gasteiger partial charge < -0.3 is 15.2 Å². The van der Waals surface area contributed by atoms with E-state index in [9.17, 15) is 14.3 Å². The molecule has 24 heavy (non-hydrogen) atoms. The molecule has 1 fully saturated rings. The van der Waals surface area contributed by atoms with Gasteiger partial charge in [0.2, 0.25) is 5.91 Å². The first-order valence-corrected chi connectivity index (χ1v) is 8.83. The fraction of sp³-hybridized carbons (Fsp3) is 0.389. The Kier molecular flexibility index (Phi) is 5.16. The SMILES string of the molecule is COc1ccc(F)cc1[C@@H](NC(=O)Cc1ccsc1)C1CC(O)C1. The zero-order chi connectivity index (χ0) is 17.1. The van der Waals surface area contributed by atoms with Crippen molar-refractivity contribution in [2.75, 3.05) is 7.11 Å². The number of rotatable bonds is 6. The average Bonchev–Trinajstić information content (AvgIpc) is 3.02. The number of hydrogen-bond acceptors (Lipinski definition) is 4. The third kappa shape index (κ3) is 3.76. The standard InChI is InChI=1S/C18H20FNO3S/c1-23-16-3-2-13(19)9-15(16)18(12-7-14(21)8-12)20-17(22)6-11-4-5-24-10-11/h2-5,9-10,12,14,18,21H,6-8H2,1H3,(H,20,22)/t12?,14?,18-/m0/s1. The summed E-state index contributed by atoms with van der Waals surface area (Å²) in [6.07, 6.45) is 1.10. The van der Waals surface area contributed by atoms with Crippen LogP contribution >= 0.6 is 11.3 Å². The summed E-state index contributed by atoms with van der Waals surface area (Å²) in [5.74, 6) is 0.120. The van der Waals surface area contributed by atoms with Crippen molar-refractivity contribution in [1.82, 2.24) is 5.32 Å². The van der Waals surface area contributed by atoms with Crippen LogP contribution in [0, 0.1) is 11.7 Å². The summed E-state index contributed by atoms with van der Waals surface area (Å²) in [6, 6.07) is 5.85. The molecule has 0 aliphatic heterocycles. The van der Waals surface area contributed by atoms with Gasteiger partial charge in [0.25, 0.3) is 0 Å². The molecule has 2 aromatic rings. The summed E-state index contributed by atoms with van der Waals surface area (Å²) >= 11 is 1.54. The Morgan fingerprint density at radius 1 is 1.46 bits per heavy atom. The molecule has 1 saturated carbocycles. The predicted octanol–water partition coefficient (Wildman–Crippen LogP) is 3.07. The van der Waals surface area contributed by atoms with Crippen LogP contribution in [0.4, 0.5) is 4.39 Å². The fourth-order valence-electron chi connectivity index (χ4n) is 3.10. The zero-order valence-electron chi connectivity index (χ0n) is 13.4. The monoisotopic (exact) mass is 349 g/mol. The van der Waals surface area contributed by atoms with E-state index in [0.29, 0.717) is 24.2 Å². The first-order valence-electron chi connectivity index (χ1n) is 7.88. The van der Waals surface area contributed by atoms with E-state index in [1.807, 2.05) is 16.8 Å². The molecule has 0 unspecified atom stereocenters. The second kappa shape index (κ2) is 7.32. The Morgan fingerprint density at radius 3 is 2.88 bits per heavy atom. The number of halogens is 1. The van der Waals surface area contributed by atoms with Gasteiger partial charge in [-0.05, 0) is 59.3 Å². The van der Waals surface area contributed by atoms with Gasteiger partial charge in [0.15, 0.2) is 0 Å². The topological polar surface area (TPSA) is 58.6 Å². The number of carbonyl (C=O) groups is 1. The first kappa shape index (κ1) is 16.9. The minimum atomic E-state index is -0.372. The zero-order valence-corrected chi connectivity index (χ0v) is 14.2. The van der Waals surface area contributed by atoms with Crippen LogP contribution in [0.3, 0.4) is 0 Å². The smallest absolute Gasteiger partial charge is 0.224 e. The molecule has 128 valence electrons. The van der Waals surface area contributed by atoms with Crippen LogP contribution in [0.25, 0.3) is 0 Å². The molecule has 0 bridgehead atoms. The summed E-state index contributed by atoms with van der Waals surface area (Å²) < 4.78 is 19.1. The maximum absolute atomic E-state index is 13.7. The van der Waals surface area contributed by atoms with Crippen LogP contribution in [0.15, 0.2) is 35.0 Å². The molecule has 0 saturated heterocycles. The van der Waals surface area contributed by atoms with Gasteiger partial charge in [-0.1, -0.05) is 0 Å². The van der Waals surface area contributed by atoms with Crippen molar-refractivity contribution in [3.05, 3.63) is 52.0 Å². The highest BCUT2D eigenvalue weighted by atomic mass is 32.1. The molecule has 4 nitrogen and oxygen atoms in total. The molecule has 2 N–H and O–H groups in total. The molecule has 1 aliphatic rings. The van der Waals surface area contributed by atoms with Crippen LogP contribution in [0.5, 0.6) is 5.75 Å². The molecular weight excluding hydrogens is 329 g/mol. The second-order valence-corrected chi connectivity index (χ2v) is 6.91. The lowest BCUT2D eigenvalue weighted by molar-refractivity contribution is -0.122. The molecule has 1 atom stereocenters. The molecule has 0 spiro atoms. The summed E-state index contributed by atoms with van der Waals surface area (Å²) in [7, 11) is 1.52. The van der Waals surface area contributed by atoms with E-state index in [1.165, 1.54) is 19.2 Å². The molecule has 1 amide bonds. The number of methoxy groups -OCH3 is 1. The third-order valence-electron chi connectivity index (χ3n) is 4.41. The van der Waals surface area contributed by atoms with Gasteiger partial charge in [0.05, 0.1) is 25.7 Å². The fourth-order valence-corrected chi connectivity index (χ4v) is 3.77. The van der Waals surface area contributed by atoms with Gasteiger partial charge in [0.1, 0.15) is 11.6 Å². The number of aliphatic hydroxyl groups excluding tert-OH is 1. The number of hydrogen-bond donors (Lipinski definition) is 2. The Balaban J connectivity index is 1.81. The molecule has 1 aliphatic carbocycles. The molecule has 1 aromatic heterocycles. The first-order chi connectivity index (χ1) is 11.6. The Hall–Kier alpha value is -1.92. The molecule has 3 rings (SSSR count). The number of benzene rings is 1. The third-order valence-corrected chi connectivity index (χ3v) is 5.14. The normalized spacial score (nSPS) is 21.0. The molecular formula is C18H20FNO3S. The highest BCUT2D eigenvalue weighted by Gasteiger charge is 2.37. The highest BCUT2D eigenvalue weighted by molar-refractivity contribution is 7.07. The van der Waals surface area contributed by atoms with Crippen LogP contribution in [-0.4, -0.2) is 24.2 Å². The largest absolute Gasteiger partial charge is 0.496 e. The van der Waals surface area contributed by atoms with E-state index in [-0.39, 0.29) is 36.2 Å². The van der Waals surface area contributed by atoms with E-state index in [1.54, 1.807) is 17.4 Å². The van der Waals surface area contributed by atoms with Crippen molar-refractivity contribution >= 4 is 17.2 Å². The number of carbonyl (C=O) groups excluding carboxylic acids is 1. The number of nitrogens with one attached hydrogen (secondary N) is 1. The number of ether oxygens (including phenoxy) is 1. The predicted molar refractivity (Wildman–Crippen MR) is 90.6 cm³/mol. The van der Waals surface area contributed by atoms with Crippen molar-refractivity contribution in [2.24, 2.45) is 5.92 Å². The summed E-state index contributed by atoms with van der Waals surface area (Å²) in [4.78, 5) is 12.4. The molecule has 1 heterocycles. The lowest BCUT2D eigenvalue weighted by Crippen LogP contribution is -2.42. The van der Waals surface area contributed by atoms with Gasteiger partial charge in [-0.2, -0.15) is 11.3 Å². The van der Waals surface area contributed by atoms with E-state index >= 15 is 0 Å². The maximum atomic E-state index is 13.7. The lowest BCUT2D eigenvalue weighted by Gasteiger charge is -2.38. The number of aliphatic hydroxyl groups is 1. The summed E-state index contributed by atoms with van der Waals surface area (Å²) in [5.41, 5.74) is 1.57. The van der Waals surface area contributed by atoms with Crippen molar-refractivity contribution < 1.29 is 19.0 Å². The van der Waals surface area contributed by atoms with Crippen molar-refractivity contribution in [1.29, 1.82) is 0 Å². The lowest BCUT2D eigenvalue weighted by atomic mass is 9.74. The molecule has 0 radical (unpaired) electrons. The van der Waals surface area contributed by atoms with E-state index in [2.05, 4.69) is 5.32 Å². The summed E-state index contributed by atoms with van der Waals surface area (Å²) in [5, 5.41) is 16.5. The average molecular weight is 349 g/mol. The van der Waals surface area contributed by atoms with Gasteiger partial charge >= 0.3 is 0 Å². The number of thiophene rings is 1. The highest BCUT2D eigenvalue weighted by Crippen LogP contribution is 2.41. The minimum absolute atomic E-state index is 0.0714. The van der Waals surface area contributed by atoms with Crippen molar-refractivity contribution in [2.45, 2.75) is 31.4 Å².